The molecule has 1 aliphatic rings. The molecule has 3 nitrogen and oxygen atoms in total. The van der Waals surface area contributed by atoms with Crippen molar-refractivity contribution in [2.75, 3.05) is 6.54 Å². The Kier molecular flexibility index (Phi) is 4.84. The Morgan fingerprint density at radius 3 is 2.64 bits per heavy atom. The topological polar surface area (TPSA) is 29.0 Å². The van der Waals surface area contributed by atoms with Crippen LogP contribution in [0.15, 0.2) is 73.1 Å². The van der Waals surface area contributed by atoms with Crippen molar-refractivity contribution in [1.29, 1.82) is 0 Å². The largest absolute Gasteiger partial charge is 0.290 e. The van der Waals surface area contributed by atoms with Crippen molar-refractivity contribution in [3.8, 4) is 0 Å². The van der Waals surface area contributed by atoms with Gasteiger partial charge in [-0.3, -0.25) is 14.9 Å². The molecule has 0 aliphatic carbocycles. The summed E-state index contributed by atoms with van der Waals surface area (Å²) in [5.74, 6) is 0. The molecule has 0 saturated carbocycles. The highest BCUT2D eigenvalue weighted by Crippen LogP contribution is 2.32. The molecule has 25 heavy (non-hydrogen) atoms. The van der Waals surface area contributed by atoms with Crippen LogP contribution in [-0.2, 0) is 13.0 Å². The fourth-order valence-corrected chi connectivity index (χ4v) is 3.66. The molecule has 4 rings (SSSR count). The summed E-state index contributed by atoms with van der Waals surface area (Å²) in [7, 11) is 0. The van der Waals surface area contributed by atoms with Gasteiger partial charge in [0.05, 0.1) is 11.7 Å². The molecule has 1 aromatic carbocycles. The maximum absolute atomic E-state index is 4.98. The SMILES string of the molecule is c1ccc(Cc2cccc(C3CCCN3Cc3cccnc3)n2)cc1. The molecule has 126 valence electrons. The predicted molar refractivity (Wildman–Crippen MR) is 100 cm³/mol. The Labute approximate surface area is 149 Å². The van der Waals surface area contributed by atoms with E-state index >= 15 is 0 Å². The van der Waals surface area contributed by atoms with Gasteiger partial charge in [-0.2, -0.15) is 0 Å². The van der Waals surface area contributed by atoms with Gasteiger partial charge in [0.2, 0.25) is 0 Å². The van der Waals surface area contributed by atoms with E-state index in [1.165, 1.54) is 29.7 Å². The van der Waals surface area contributed by atoms with Crippen molar-refractivity contribution < 1.29 is 0 Å². The highest BCUT2D eigenvalue weighted by atomic mass is 15.2. The Bertz CT molecular complexity index is 802. The molecule has 0 N–H and O–H groups in total. The van der Waals surface area contributed by atoms with Gasteiger partial charge in [0.25, 0.3) is 0 Å². The number of benzene rings is 1. The molecule has 0 bridgehead atoms. The summed E-state index contributed by atoms with van der Waals surface area (Å²) in [6, 6.07) is 21.6. The van der Waals surface area contributed by atoms with Crippen LogP contribution in [0.1, 0.15) is 41.4 Å². The number of hydrogen-bond acceptors (Lipinski definition) is 3. The van der Waals surface area contributed by atoms with Gasteiger partial charge in [-0.15, -0.1) is 0 Å². The second kappa shape index (κ2) is 7.58. The van der Waals surface area contributed by atoms with Crippen LogP contribution in [0.3, 0.4) is 0 Å². The third-order valence-electron chi connectivity index (χ3n) is 4.87. The van der Waals surface area contributed by atoms with Gasteiger partial charge in [0.15, 0.2) is 0 Å². The van der Waals surface area contributed by atoms with Crippen LogP contribution in [0.25, 0.3) is 0 Å². The highest BCUT2D eigenvalue weighted by Gasteiger charge is 2.27. The average Bonchev–Trinajstić information content (AvgIpc) is 3.12. The van der Waals surface area contributed by atoms with E-state index in [1.807, 2.05) is 18.5 Å². The Morgan fingerprint density at radius 2 is 1.80 bits per heavy atom. The Balaban J connectivity index is 1.51. The van der Waals surface area contributed by atoms with Gasteiger partial charge >= 0.3 is 0 Å². The molecule has 0 amide bonds. The normalized spacial score (nSPS) is 17.7. The number of rotatable bonds is 5. The van der Waals surface area contributed by atoms with Crippen molar-refractivity contribution in [2.24, 2.45) is 0 Å². The van der Waals surface area contributed by atoms with Crippen molar-refractivity contribution in [3.05, 3.63) is 95.6 Å². The Morgan fingerprint density at radius 1 is 0.920 bits per heavy atom. The van der Waals surface area contributed by atoms with Crippen LogP contribution in [0.5, 0.6) is 0 Å². The first-order valence-electron chi connectivity index (χ1n) is 9.01. The smallest absolute Gasteiger partial charge is 0.0578 e. The van der Waals surface area contributed by atoms with E-state index in [-0.39, 0.29) is 0 Å². The molecule has 2 aromatic heterocycles. The van der Waals surface area contributed by atoms with Gasteiger partial charge in [-0.25, -0.2) is 0 Å². The minimum Gasteiger partial charge on any atom is -0.290 e. The predicted octanol–water partition coefficient (Wildman–Crippen LogP) is 4.40. The van der Waals surface area contributed by atoms with Crippen molar-refractivity contribution >= 4 is 0 Å². The zero-order valence-electron chi connectivity index (χ0n) is 14.4. The minimum atomic E-state index is 0.413. The number of likely N-dealkylation sites (tertiary alicyclic amines) is 1. The average molecular weight is 329 g/mol. The van der Waals surface area contributed by atoms with Crippen molar-refractivity contribution in [2.45, 2.75) is 31.8 Å². The molecular formula is C22H23N3. The van der Waals surface area contributed by atoms with E-state index in [2.05, 4.69) is 64.5 Å². The molecule has 1 saturated heterocycles. The zero-order valence-corrected chi connectivity index (χ0v) is 14.4. The highest BCUT2D eigenvalue weighted by molar-refractivity contribution is 5.24. The summed E-state index contributed by atoms with van der Waals surface area (Å²) in [6.07, 6.45) is 7.11. The molecular weight excluding hydrogens is 306 g/mol. The molecule has 1 atom stereocenters. The second-order valence-corrected chi connectivity index (χ2v) is 6.71. The maximum atomic E-state index is 4.98. The number of nitrogens with zero attached hydrogens (tertiary/aromatic N) is 3. The van der Waals surface area contributed by atoms with Crippen molar-refractivity contribution in [1.82, 2.24) is 14.9 Å². The van der Waals surface area contributed by atoms with Gasteiger partial charge in [0, 0.05) is 31.1 Å². The van der Waals surface area contributed by atoms with E-state index in [9.17, 15) is 0 Å². The number of hydrogen-bond donors (Lipinski definition) is 0. The van der Waals surface area contributed by atoms with E-state index in [4.69, 9.17) is 4.98 Å². The summed E-state index contributed by atoms with van der Waals surface area (Å²) in [4.78, 5) is 11.8. The van der Waals surface area contributed by atoms with Crippen LogP contribution >= 0.6 is 0 Å². The maximum Gasteiger partial charge on any atom is 0.0578 e. The van der Waals surface area contributed by atoms with Gasteiger partial charge in [-0.05, 0) is 48.7 Å². The molecule has 1 aliphatic heterocycles. The van der Waals surface area contributed by atoms with E-state index < -0.39 is 0 Å². The van der Waals surface area contributed by atoms with Crippen LogP contribution in [-0.4, -0.2) is 21.4 Å². The first kappa shape index (κ1) is 16.0. The first-order valence-corrected chi connectivity index (χ1v) is 9.01. The van der Waals surface area contributed by atoms with Gasteiger partial charge in [0.1, 0.15) is 0 Å². The number of pyridine rings is 2. The molecule has 3 heteroatoms. The lowest BCUT2D eigenvalue weighted by Gasteiger charge is -2.24. The van der Waals surface area contributed by atoms with E-state index in [0.29, 0.717) is 6.04 Å². The van der Waals surface area contributed by atoms with Crippen LogP contribution in [0.2, 0.25) is 0 Å². The molecule has 1 unspecified atom stereocenters. The summed E-state index contributed by atoms with van der Waals surface area (Å²) < 4.78 is 0. The van der Waals surface area contributed by atoms with E-state index in [0.717, 1.165) is 25.2 Å². The standard InChI is InChI=1S/C22H23N3/c1-2-7-18(8-3-1)15-20-10-4-11-21(24-20)22-12-6-14-25(22)17-19-9-5-13-23-16-19/h1-5,7-11,13,16,22H,6,12,14-15,17H2. The Hall–Kier alpha value is -2.52. The minimum absolute atomic E-state index is 0.413. The van der Waals surface area contributed by atoms with E-state index in [1.54, 1.807) is 0 Å². The van der Waals surface area contributed by atoms with Gasteiger partial charge < -0.3 is 0 Å². The molecule has 3 heterocycles. The fourth-order valence-electron chi connectivity index (χ4n) is 3.66. The van der Waals surface area contributed by atoms with Crippen molar-refractivity contribution in [3.63, 3.8) is 0 Å². The molecule has 1 fully saturated rings. The summed E-state index contributed by atoms with van der Waals surface area (Å²) in [5.41, 5.74) is 4.94. The quantitative estimate of drug-likeness (QED) is 0.694. The van der Waals surface area contributed by atoms with Crippen LogP contribution in [0, 0.1) is 0 Å². The first-order chi connectivity index (χ1) is 12.4. The molecule has 3 aromatic rings. The summed E-state index contributed by atoms with van der Waals surface area (Å²) in [5, 5.41) is 0. The third kappa shape index (κ3) is 3.94. The second-order valence-electron chi connectivity index (χ2n) is 6.71. The lowest BCUT2D eigenvalue weighted by atomic mass is 10.1. The zero-order chi connectivity index (χ0) is 16.9. The van der Waals surface area contributed by atoms with Gasteiger partial charge in [-0.1, -0.05) is 42.5 Å². The monoisotopic (exact) mass is 329 g/mol. The van der Waals surface area contributed by atoms with Crippen LogP contribution < -0.4 is 0 Å². The van der Waals surface area contributed by atoms with Crippen LogP contribution in [0.4, 0.5) is 0 Å². The molecule has 0 spiro atoms. The summed E-state index contributed by atoms with van der Waals surface area (Å²) in [6.45, 7) is 2.08. The lowest BCUT2D eigenvalue weighted by molar-refractivity contribution is 0.244. The summed E-state index contributed by atoms with van der Waals surface area (Å²) >= 11 is 0. The third-order valence-corrected chi connectivity index (χ3v) is 4.87. The fraction of sp³-hybridized carbons (Fsp3) is 0.273. The lowest BCUT2D eigenvalue weighted by Crippen LogP contribution is -2.23. The number of aromatic nitrogens is 2. The molecule has 0 radical (unpaired) electrons.